The summed E-state index contributed by atoms with van der Waals surface area (Å²) in [5.74, 6) is -0.788. The summed E-state index contributed by atoms with van der Waals surface area (Å²) >= 11 is 0. The maximum absolute atomic E-state index is 13.4. The normalized spacial score (nSPS) is 11.1. The quantitative estimate of drug-likeness (QED) is 0.223. The number of aromatic nitrogens is 4. The zero-order chi connectivity index (χ0) is 27.5. The molecule has 0 atom stereocenters. The number of rotatable bonds is 8. The molecule has 0 unspecified atom stereocenters. The summed E-state index contributed by atoms with van der Waals surface area (Å²) in [6, 6.07) is 22.6. The lowest BCUT2D eigenvalue weighted by Crippen LogP contribution is -2.20. The van der Waals surface area contributed by atoms with E-state index < -0.39 is 11.9 Å². The van der Waals surface area contributed by atoms with Gasteiger partial charge >= 0.3 is 5.97 Å². The van der Waals surface area contributed by atoms with E-state index in [4.69, 9.17) is 4.74 Å². The van der Waals surface area contributed by atoms with Crippen molar-refractivity contribution in [2.45, 2.75) is 19.8 Å². The second kappa shape index (κ2) is 10.7. The Balaban J connectivity index is 1.69. The molecule has 0 aliphatic heterocycles. The second-order valence-electron chi connectivity index (χ2n) is 9.33. The summed E-state index contributed by atoms with van der Waals surface area (Å²) in [6.07, 6.45) is 0. The fourth-order valence-electron chi connectivity index (χ4n) is 4.62. The van der Waals surface area contributed by atoms with Gasteiger partial charge in [-0.15, -0.1) is 0 Å². The first-order valence-electron chi connectivity index (χ1n) is 12.4. The van der Waals surface area contributed by atoms with Crippen LogP contribution in [0.5, 0.6) is 5.75 Å². The Labute approximate surface area is 223 Å². The number of benzene rings is 3. The highest BCUT2D eigenvalue weighted by Gasteiger charge is 2.31. The van der Waals surface area contributed by atoms with Crippen LogP contribution in [0.1, 0.15) is 33.7 Å². The van der Waals surface area contributed by atoms with Crippen molar-refractivity contribution in [1.29, 1.82) is 0 Å². The highest BCUT2D eigenvalue weighted by Crippen LogP contribution is 2.38. The lowest BCUT2D eigenvalue weighted by molar-refractivity contribution is -0.142. The van der Waals surface area contributed by atoms with E-state index in [0.29, 0.717) is 33.8 Å². The fourth-order valence-corrected chi connectivity index (χ4v) is 4.62. The lowest BCUT2D eigenvalue weighted by Gasteiger charge is -2.18. The topological polar surface area (TPSA) is 133 Å². The summed E-state index contributed by atoms with van der Waals surface area (Å²) in [4.78, 5) is 38.3. The van der Waals surface area contributed by atoms with Crippen molar-refractivity contribution in [1.82, 2.24) is 20.4 Å². The van der Waals surface area contributed by atoms with Crippen LogP contribution in [0.2, 0.25) is 0 Å². The molecule has 39 heavy (non-hydrogen) atoms. The molecule has 0 spiro atoms. The van der Waals surface area contributed by atoms with Crippen LogP contribution in [0.4, 0.5) is 0 Å². The van der Waals surface area contributed by atoms with Crippen molar-refractivity contribution in [3.8, 4) is 28.3 Å². The Morgan fingerprint density at radius 3 is 1.59 bits per heavy atom. The second-order valence-corrected chi connectivity index (χ2v) is 9.33. The zero-order valence-electron chi connectivity index (χ0n) is 21.8. The van der Waals surface area contributed by atoms with Gasteiger partial charge in [-0.25, -0.2) is 4.79 Å². The van der Waals surface area contributed by atoms with Gasteiger partial charge in [0.25, 0.3) is 11.1 Å². The molecule has 4 N–H and O–H groups in total. The van der Waals surface area contributed by atoms with Crippen molar-refractivity contribution in [2.24, 2.45) is 0 Å². The van der Waals surface area contributed by atoms with Gasteiger partial charge in [0, 0.05) is 5.92 Å². The molecular formula is C30H28N4O5. The van der Waals surface area contributed by atoms with Crippen molar-refractivity contribution in [3.05, 3.63) is 121 Å². The molecule has 2 heterocycles. The number of esters is 1. The monoisotopic (exact) mass is 524 g/mol. The molecule has 0 fully saturated rings. The van der Waals surface area contributed by atoms with Gasteiger partial charge < -0.3 is 9.47 Å². The van der Waals surface area contributed by atoms with Gasteiger partial charge in [0.2, 0.25) is 0 Å². The molecule has 198 valence electrons. The van der Waals surface area contributed by atoms with Crippen LogP contribution in [0.3, 0.4) is 0 Å². The van der Waals surface area contributed by atoms with Crippen LogP contribution < -0.4 is 15.9 Å². The third kappa shape index (κ3) is 5.19. The zero-order valence-corrected chi connectivity index (χ0v) is 21.8. The molecule has 0 aliphatic rings. The van der Waals surface area contributed by atoms with Gasteiger partial charge in [-0.05, 0) is 42.7 Å². The molecule has 5 rings (SSSR count). The molecule has 0 radical (unpaired) electrons. The number of carbonyl (C=O) groups excluding carboxylic acids is 1. The largest absolute Gasteiger partial charge is 0.482 e. The maximum Gasteiger partial charge on any atom is 0.343 e. The number of ether oxygens (including phenoxy) is 2. The highest BCUT2D eigenvalue weighted by molar-refractivity contribution is 5.72. The first-order chi connectivity index (χ1) is 18.9. The third-order valence-electron chi connectivity index (χ3n) is 6.69. The summed E-state index contributed by atoms with van der Waals surface area (Å²) in [6.45, 7) is 3.75. The van der Waals surface area contributed by atoms with E-state index in [1.165, 1.54) is 7.11 Å². The van der Waals surface area contributed by atoms with E-state index in [0.717, 1.165) is 22.3 Å². The predicted octanol–water partition coefficient (Wildman–Crippen LogP) is 4.40. The molecule has 2 aromatic heterocycles. The highest BCUT2D eigenvalue weighted by atomic mass is 16.6. The molecule has 5 aromatic rings. The minimum atomic E-state index is -0.739. The Bertz CT molecular complexity index is 1610. The van der Waals surface area contributed by atoms with E-state index in [9.17, 15) is 14.4 Å². The molecule has 3 aromatic carbocycles. The van der Waals surface area contributed by atoms with Crippen LogP contribution in [0, 0.1) is 13.8 Å². The van der Waals surface area contributed by atoms with E-state index in [1.807, 2.05) is 62.4 Å². The van der Waals surface area contributed by atoms with Gasteiger partial charge in [-0.2, -0.15) is 0 Å². The molecule has 0 bridgehead atoms. The molecule has 9 heteroatoms. The van der Waals surface area contributed by atoms with Gasteiger partial charge in [-0.3, -0.25) is 30.0 Å². The van der Waals surface area contributed by atoms with Crippen molar-refractivity contribution in [3.63, 3.8) is 0 Å². The van der Waals surface area contributed by atoms with Crippen LogP contribution >= 0.6 is 0 Å². The SMILES string of the molecule is COC(=O)COc1ccc(C(c2c(-c3ccc(C)cc3)[nH][nH]c2=O)c2c(-c3ccc(C)cc3)[nH][nH]c2=O)cc1. The smallest absolute Gasteiger partial charge is 0.343 e. The van der Waals surface area contributed by atoms with E-state index >= 15 is 0 Å². The minimum absolute atomic E-state index is 0.233. The van der Waals surface area contributed by atoms with Crippen LogP contribution in [-0.2, 0) is 9.53 Å². The summed E-state index contributed by atoms with van der Waals surface area (Å²) in [5.41, 5.74) is 5.79. The standard InChI is InChI=1S/C30H28N4O5/c1-17-4-8-20(9-5-17)27-25(29(36)33-31-27)24(19-12-14-22(15-13-19)39-16-23(35)38-3)26-28(32-34-30(26)37)21-10-6-18(2)7-11-21/h4-15,24H,16H2,1-3H3,(H2,31,33,36)(H2,32,34,37). The first-order valence-corrected chi connectivity index (χ1v) is 12.4. The average Bonchev–Trinajstić information content (AvgIpc) is 3.52. The fraction of sp³-hybridized carbons (Fsp3) is 0.167. The van der Waals surface area contributed by atoms with Crippen LogP contribution in [0.25, 0.3) is 22.5 Å². The molecule has 0 saturated carbocycles. The number of hydrogen-bond donors (Lipinski definition) is 4. The average molecular weight is 525 g/mol. The van der Waals surface area contributed by atoms with Gasteiger partial charge in [0.05, 0.1) is 29.6 Å². The van der Waals surface area contributed by atoms with Crippen molar-refractivity contribution < 1.29 is 14.3 Å². The minimum Gasteiger partial charge on any atom is -0.482 e. The lowest BCUT2D eigenvalue weighted by atomic mass is 9.83. The van der Waals surface area contributed by atoms with Crippen molar-refractivity contribution in [2.75, 3.05) is 13.7 Å². The van der Waals surface area contributed by atoms with Crippen LogP contribution in [-0.4, -0.2) is 40.1 Å². The van der Waals surface area contributed by atoms with Gasteiger partial charge in [-0.1, -0.05) is 71.8 Å². The molecule has 9 nitrogen and oxygen atoms in total. The van der Waals surface area contributed by atoms with Crippen LogP contribution in [0.15, 0.2) is 82.4 Å². The Morgan fingerprint density at radius 2 is 1.15 bits per heavy atom. The number of carbonyl (C=O) groups is 1. The van der Waals surface area contributed by atoms with Gasteiger partial charge in [0.1, 0.15) is 5.75 Å². The number of methoxy groups -OCH3 is 1. The first kappa shape index (κ1) is 25.6. The maximum atomic E-state index is 13.4. The number of aromatic amines is 4. The number of nitrogens with one attached hydrogen (secondary N) is 4. The number of H-pyrrole nitrogens is 4. The number of aryl methyl sites for hydroxylation is 2. The van der Waals surface area contributed by atoms with E-state index in [-0.39, 0.29) is 17.7 Å². The predicted molar refractivity (Wildman–Crippen MR) is 148 cm³/mol. The molecule has 0 aliphatic carbocycles. The van der Waals surface area contributed by atoms with Gasteiger partial charge in [0.15, 0.2) is 6.61 Å². The molecule has 0 saturated heterocycles. The Kier molecular flexibility index (Phi) is 7.05. The third-order valence-corrected chi connectivity index (χ3v) is 6.69. The summed E-state index contributed by atoms with van der Waals surface area (Å²) in [7, 11) is 1.29. The summed E-state index contributed by atoms with van der Waals surface area (Å²) in [5, 5.41) is 11.5. The van der Waals surface area contributed by atoms with Crippen molar-refractivity contribution >= 4 is 5.97 Å². The molecular weight excluding hydrogens is 496 g/mol. The Morgan fingerprint density at radius 1 is 0.692 bits per heavy atom. The molecule has 0 amide bonds. The van der Waals surface area contributed by atoms with E-state index in [1.54, 1.807) is 24.3 Å². The van der Waals surface area contributed by atoms with E-state index in [2.05, 4.69) is 25.1 Å². The summed E-state index contributed by atoms with van der Waals surface area (Å²) < 4.78 is 10.1. The number of hydrogen-bond acceptors (Lipinski definition) is 5. The Hall–Kier alpha value is -5.05.